The summed E-state index contributed by atoms with van der Waals surface area (Å²) in [7, 11) is 5.79. The summed E-state index contributed by atoms with van der Waals surface area (Å²) in [5.41, 5.74) is 7.68. The number of benzene rings is 2. The Morgan fingerprint density at radius 3 is 1.99 bits per heavy atom. The van der Waals surface area contributed by atoms with E-state index in [-0.39, 0.29) is 92.5 Å². The van der Waals surface area contributed by atoms with Crippen LogP contribution in [-0.4, -0.2) is 202 Å². The third-order valence-corrected chi connectivity index (χ3v) is 19.3. The van der Waals surface area contributed by atoms with E-state index in [0.717, 1.165) is 5.56 Å². The molecule has 4 aromatic rings. The molecule has 0 radical (unpaired) electrons. The van der Waals surface area contributed by atoms with Crippen LogP contribution in [0.15, 0.2) is 78.2 Å². The van der Waals surface area contributed by atoms with Crippen molar-refractivity contribution in [1.82, 2.24) is 61.1 Å². The first-order chi connectivity index (χ1) is 45.8. The Hall–Kier alpha value is -8.01. The maximum absolute atomic E-state index is 14.6. The molecule has 536 valence electrons. The summed E-state index contributed by atoms with van der Waals surface area (Å²) in [4.78, 5) is 138. The smallest absolute Gasteiger partial charge is 0.312 e. The molecular formula is C70H108N14O12S. The van der Waals surface area contributed by atoms with Crippen LogP contribution in [0.5, 0.6) is 0 Å². The summed E-state index contributed by atoms with van der Waals surface area (Å²) in [5, 5.41) is 20.9. The second-order valence-corrected chi connectivity index (χ2v) is 29.3. The lowest BCUT2D eigenvalue weighted by Gasteiger charge is -2.41. The molecule has 0 bridgehead atoms. The molecule has 1 saturated heterocycles. The number of carbonyl (C=O) groups excluding carboxylic acids is 9. The Bertz CT molecular complexity index is 3390. The normalized spacial score (nSPS) is 17.0. The van der Waals surface area contributed by atoms with Gasteiger partial charge in [0, 0.05) is 87.9 Å². The van der Waals surface area contributed by atoms with Crippen LogP contribution >= 0.6 is 0 Å². The molecule has 0 aliphatic carbocycles. The van der Waals surface area contributed by atoms with Gasteiger partial charge in [-0.3, -0.25) is 47.5 Å². The van der Waals surface area contributed by atoms with Crippen molar-refractivity contribution < 1.29 is 56.8 Å². The quantitative estimate of drug-likeness (QED) is 0.0172. The minimum atomic E-state index is -2.61. The summed E-state index contributed by atoms with van der Waals surface area (Å²) in [6.07, 6.45) is 5.91. The number of hydrogen-bond acceptors (Lipinski definition) is 15. The molecule has 12 atom stereocenters. The zero-order valence-electron chi connectivity index (χ0n) is 59.5. The highest BCUT2D eigenvalue weighted by Crippen LogP contribution is 2.30. The van der Waals surface area contributed by atoms with Crippen molar-refractivity contribution in [2.45, 2.75) is 193 Å². The van der Waals surface area contributed by atoms with Crippen LogP contribution in [0.2, 0.25) is 0 Å². The number of amides is 10. The van der Waals surface area contributed by atoms with Crippen LogP contribution in [0.4, 0.5) is 10.5 Å². The number of aromatic nitrogens is 3. The first kappa shape index (κ1) is 79.7. The minimum Gasteiger partial charge on any atom is -0.379 e. The lowest BCUT2D eigenvalue weighted by Crippen LogP contribution is -2.59. The van der Waals surface area contributed by atoms with Gasteiger partial charge in [0.2, 0.25) is 47.3 Å². The topological polar surface area (TPSA) is 340 Å². The van der Waals surface area contributed by atoms with E-state index in [1.165, 1.54) is 26.8 Å². The second-order valence-electron chi connectivity index (χ2n) is 26.9. The summed E-state index contributed by atoms with van der Waals surface area (Å²) >= 11 is 0. The standard InChI is InChI=1S/C70H108N14O12S/c1-17-45(8)60(82(12)69(92)58(43(4)5)80-67(91)59(44(6)7)81(10)11)54(95-13)39-56(86)84-36-22-27-53(84)61(96-14)46(9)63(87)78-52(38-47-24-19-18-20-25-47)64(88)73-40-48-29-31-49(32-30-48)76-65(89)51(26-21-34-72-70(71)93)77-66(90)57(42(2)3)79-55(85)28-23-35-83-37-33-50-62(83)74-41-75-68(50)97(15,16)94/h18-20,24-25,29-33,37,41-46,51-54,57-61H,15,17,21-23,26-28,34-36,38-40H2,1-14,16H3,(H,73,88)(H,76,89)(H,77,90)(H,78,87)(H,79,85)(H,80,91)(H3,71,72,93)/t45-,46+,51-,52-,53-,54+,57-,58-,59-,60-,61+,97?/m0/s1. The molecule has 1 aliphatic heterocycles. The van der Waals surface area contributed by atoms with Gasteiger partial charge in [0.1, 0.15) is 41.2 Å². The Morgan fingerprint density at radius 1 is 0.742 bits per heavy atom. The molecule has 1 unspecified atom stereocenters. The van der Waals surface area contributed by atoms with E-state index in [9.17, 15) is 47.4 Å². The van der Waals surface area contributed by atoms with Crippen molar-refractivity contribution >= 4 is 85.4 Å². The highest BCUT2D eigenvalue weighted by molar-refractivity contribution is 7.99. The zero-order chi connectivity index (χ0) is 72.0. The van der Waals surface area contributed by atoms with Gasteiger partial charge in [-0.2, -0.15) is 0 Å². The molecule has 10 amide bonds. The number of likely N-dealkylation sites (tertiary alicyclic amines) is 1. The van der Waals surface area contributed by atoms with Gasteiger partial charge in [-0.15, -0.1) is 0 Å². The Morgan fingerprint density at radius 2 is 1.40 bits per heavy atom. The number of urea groups is 1. The SMILES string of the molecule is C=S(C)(=O)c1ncnc2c1ccn2CCCC(=O)N[C@H](C(=O)N[C@@H](CCCNC(N)=O)C(=O)Nc1ccc(CNC(=O)[C@H](Cc2ccccc2)NC(=O)[C@H](C)[C@@H](OC)[C@@H]2CCCN2C(=O)C[C@@H](OC)[C@H]([C@@H](C)CC)N(C)C(=O)[C@@H](NC(=O)[C@H](C(C)C)N(C)C)C(C)C)cc1)C(C)C. The number of nitrogens with one attached hydrogen (secondary N) is 7. The van der Waals surface area contributed by atoms with E-state index >= 15 is 0 Å². The van der Waals surface area contributed by atoms with Gasteiger partial charge in [0.25, 0.3) is 0 Å². The van der Waals surface area contributed by atoms with Crippen LogP contribution in [0.1, 0.15) is 125 Å². The van der Waals surface area contributed by atoms with E-state index in [1.54, 1.807) is 74.1 Å². The van der Waals surface area contributed by atoms with E-state index in [0.29, 0.717) is 66.1 Å². The maximum Gasteiger partial charge on any atom is 0.312 e. The summed E-state index contributed by atoms with van der Waals surface area (Å²) < 4.78 is 26.7. The number of carbonyl (C=O) groups is 9. The van der Waals surface area contributed by atoms with Crippen LogP contribution in [0, 0.1) is 29.6 Å². The number of primary amides is 1. The van der Waals surface area contributed by atoms with E-state index < -0.39 is 99.6 Å². The number of likely N-dealkylation sites (N-methyl/N-ethyl adjacent to an activating group) is 2. The zero-order valence-corrected chi connectivity index (χ0v) is 60.3. The minimum absolute atomic E-state index is 0.00543. The van der Waals surface area contributed by atoms with Gasteiger partial charge in [-0.05, 0) is 105 Å². The molecule has 1 aliphatic rings. The van der Waals surface area contributed by atoms with Crippen LogP contribution in [-0.2, 0) is 76.9 Å². The Kier molecular flexibility index (Phi) is 30.9. The number of aryl methyl sites for hydroxylation is 1. The van der Waals surface area contributed by atoms with E-state index in [2.05, 4.69) is 53.1 Å². The average Bonchev–Trinajstić information content (AvgIpc) is 1.76. The number of hydrogen-bond donors (Lipinski definition) is 8. The molecule has 9 N–H and O–H groups in total. The fourth-order valence-corrected chi connectivity index (χ4v) is 13.7. The van der Waals surface area contributed by atoms with Crippen LogP contribution < -0.4 is 43.0 Å². The van der Waals surface area contributed by atoms with Gasteiger partial charge in [-0.1, -0.05) is 111 Å². The fraction of sp³-hybridized carbons (Fsp3) is 0.600. The van der Waals surface area contributed by atoms with Gasteiger partial charge in [0.05, 0.1) is 48.1 Å². The van der Waals surface area contributed by atoms with Crippen molar-refractivity contribution in [3.63, 3.8) is 0 Å². The molecule has 0 spiro atoms. The Labute approximate surface area is 573 Å². The molecule has 3 heterocycles. The number of anilines is 1. The third-order valence-electron chi connectivity index (χ3n) is 18.1. The third kappa shape index (κ3) is 22.8. The molecule has 97 heavy (non-hydrogen) atoms. The highest BCUT2D eigenvalue weighted by Gasteiger charge is 2.44. The molecule has 0 saturated carbocycles. The van der Waals surface area contributed by atoms with Crippen molar-refractivity contribution in [2.24, 2.45) is 35.3 Å². The molecule has 2 aromatic carbocycles. The largest absolute Gasteiger partial charge is 0.379 e. The summed E-state index contributed by atoms with van der Waals surface area (Å²) in [6, 6.07) is 11.5. The van der Waals surface area contributed by atoms with Gasteiger partial charge in [-0.25, -0.2) is 14.8 Å². The van der Waals surface area contributed by atoms with Crippen LogP contribution in [0.25, 0.3) is 11.0 Å². The number of methoxy groups -OCH3 is 2. The number of fused-ring (bicyclic) bond motifs is 1. The van der Waals surface area contributed by atoms with Gasteiger partial charge in [0.15, 0.2) is 0 Å². The molecule has 5 rings (SSSR count). The summed E-state index contributed by atoms with van der Waals surface area (Å²) in [5.74, 6) is -1.01. The first-order valence-corrected chi connectivity index (χ1v) is 35.8. The monoisotopic (exact) mass is 1370 g/mol. The summed E-state index contributed by atoms with van der Waals surface area (Å²) in [6.45, 7) is 18.0. The molecule has 27 heteroatoms. The van der Waals surface area contributed by atoms with Crippen molar-refractivity contribution in [2.75, 3.05) is 60.0 Å². The van der Waals surface area contributed by atoms with Crippen LogP contribution in [0.3, 0.4) is 0 Å². The first-order valence-electron chi connectivity index (χ1n) is 33.7. The highest BCUT2D eigenvalue weighted by atomic mass is 32.2. The fourth-order valence-electron chi connectivity index (χ4n) is 12.8. The predicted octanol–water partition coefficient (Wildman–Crippen LogP) is 4.62. The lowest BCUT2D eigenvalue weighted by atomic mass is 9.89. The predicted molar refractivity (Wildman–Crippen MR) is 376 cm³/mol. The van der Waals surface area contributed by atoms with E-state index in [1.807, 2.05) is 95.4 Å². The number of rotatable bonds is 38. The van der Waals surface area contributed by atoms with Gasteiger partial charge < -0.3 is 66.8 Å². The van der Waals surface area contributed by atoms with Gasteiger partial charge >= 0.3 is 6.03 Å². The Balaban J connectivity index is 1.23. The maximum atomic E-state index is 14.6. The van der Waals surface area contributed by atoms with Crippen molar-refractivity contribution in [1.29, 1.82) is 0 Å². The van der Waals surface area contributed by atoms with Crippen molar-refractivity contribution in [3.8, 4) is 0 Å². The average molecular weight is 1370 g/mol. The van der Waals surface area contributed by atoms with Crippen molar-refractivity contribution in [3.05, 3.63) is 84.3 Å². The molecule has 1 fully saturated rings. The molecular weight excluding hydrogens is 1260 g/mol. The molecule has 2 aromatic heterocycles. The number of nitrogens with zero attached hydrogens (tertiary/aromatic N) is 6. The second kappa shape index (κ2) is 37.6. The number of nitrogens with two attached hydrogens (primary N) is 1. The lowest BCUT2D eigenvalue weighted by molar-refractivity contribution is -0.148. The van der Waals surface area contributed by atoms with E-state index in [4.69, 9.17) is 15.2 Å². The number of ether oxygens (including phenoxy) is 2. The molecule has 26 nitrogen and oxygen atoms in total.